The maximum absolute atomic E-state index is 12.8. The molecule has 0 aliphatic heterocycles. The summed E-state index contributed by atoms with van der Waals surface area (Å²) >= 11 is 6.04. The number of benzene rings is 3. The number of H-pyrrole nitrogens is 1. The number of halogens is 1. The maximum Gasteiger partial charge on any atom is 0.258 e. The van der Waals surface area contributed by atoms with Crippen LogP contribution in [0.15, 0.2) is 77.6 Å². The number of fused-ring (bicyclic) bond motifs is 1. The van der Waals surface area contributed by atoms with Gasteiger partial charge in [-0.05, 0) is 49.0 Å². The van der Waals surface area contributed by atoms with Crippen molar-refractivity contribution in [2.75, 3.05) is 23.7 Å². The Labute approximate surface area is 207 Å². The van der Waals surface area contributed by atoms with E-state index in [0.29, 0.717) is 45.2 Å². The molecule has 0 aliphatic rings. The summed E-state index contributed by atoms with van der Waals surface area (Å²) in [5, 5.41) is 6.59. The molecule has 1 aromatic heterocycles. The average Bonchev–Trinajstić information content (AvgIpc) is 2.84. The quantitative estimate of drug-likeness (QED) is 0.342. The molecule has 3 N–H and O–H groups in total. The van der Waals surface area contributed by atoms with Crippen molar-refractivity contribution in [3.63, 3.8) is 0 Å². The first-order chi connectivity index (χ1) is 16.9. The Balaban J connectivity index is 1.45. The standard InChI is InChI=1S/C26H24ClN5O3/c1-2-32(15-23-29-22-14-17(27)12-13-20(22)26(35)31-23)16-24(33)30-21-11-7-6-10-19(21)25(34)28-18-8-4-3-5-9-18/h3-14H,2,15-16H2,1H3,(H,28,34)(H,30,33)(H,29,31,35). The molecule has 178 valence electrons. The summed E-state index contributed by atoms with van der Waals surface area (Å²) in [6.07, 6.45) is 0. The third kappa shape index (κ3) is 6.11. The van der Waals surface area contributed by atoms with Crippen molar-refractivity contribution >= 4 is 45.7 Å². The lowest BCUT2D eigenvalue weighted by atomic mass is 10.1. The molecule has 0 saturated heterocycles. The van der Waals surface area contributed by atoms with Crippen molar-refractivity contribution in [1.29, 1.82) is 0 Å². The third-order valence-electron chi connectivity index (χ3n) is 5.38. The number of aromatic amines is 1. The summed E-state index contributed by atoms with van der Waals surface area (Å²) in [7, 11) is 0. The van der Waals surface area contributed by atoms with Crippen molar-refractivity contribution < 1.29 is 9.59 Å². The molecule has 0 fully saturated rings. The minimum Gasteiger partial charge on any atom is -0.324 e. The molecule has 3 aromatic carbocycles. The van der Waals surface area contributed by atoms with Crippen LogP contribution in [0, 0.1) is 0 Å². The van der Waals surface area contributed by atoms with Crippen LogP contribution in [0.25, 0.3) is 10.9 Å². The van der Waals surface area contributed by atoms with Crippen molar-refractivity contribution in [3.05, 3.63) is 99.6 Å². The molecule has 8 nitrogen and oxygen atoms in total. The molecule has 2 amide bonds. The first kappa shape index (κ1) is 24.1. The fourth-order valence-electron chi connectivity index (χ4n) is 3.63. The lowest BCUT2D eigenvalue weighted by molar-refractivity contribution is -0.117. The van der Waals surface area contributed by atoms with Gasteiger partial charge in [0.1, 0.15) is 5.82 Å². The number of likely N-dealkylation sites (N-methyl/N-ethyl adjacent to an activating group) is 1. The van der Waals surface area contributed by atoms with E-state index in [9.17, 15) is 14.4 Å². The molecule has 0 saturated carbocycles. The summed E-state index contributed by atoms with van der Waals surface area (Å²) in [4.78, 5) is 47.1. The second-order valence-electron chi connectivity index (χ2n) is 7.89. The number of nitrogens with zero attached hydrogens (tertiary/aromatic N) is 2. The number of amides is 2. The topological polar surface area (TPSA) is 107 Å². The summed E-state index contributed by atoms with van der Waals surface area (Å²) in [5.41, 5.74) is 1.66. The van der Waals surface area contributed by atoms with Crippen LogP contribution >= 0.6 is 11.6 Å². The number of hydrogen-bond donors (Lipinski definition) is 3. The van der Waals surface area contributed by atoms with Gasteiger partial charge in [0.2, 0.25) is 5.91 Å². The van der Waals surface area contributed by atoms with Gasteiger partial charge in [-0.1, -0.05) is 48.9 Å². The first-order valence-electron chi connectivity index (χ1n) is 11.1. The van der Waals surface area contributed by atoms with E-state index < -0.39 is 0 Å². The number of anilines is 2. The Morgan fingerprint density at radius 3 is 2.51 bits per heavy atom. The van der Waals surface area contributed by atoms with Crippen LogP contribution in [-0.2, 0) is 11.3 Å². The van der Waals surface area contributed by atoms with E-state index >= 15 is 0 Å². The Morgan fingerprint density at radius 2 is 1.74 bits per heavy atom. The van der Waals surface area contributed by atoms with Crippen LogP contribution in [0.3, 0.4) is 0 Å². The van der Waals surface area contributed by atoms with Gasteiger partial charge >= 0.3 is 0 Å². The van der Waals surface area contributed by atoms with Crippen LogP contribution < -0.4 is 16.2 Å². The molecule has 35 heavy (non-hydrogen) atoms. The van der Waals surface area contributed by atoms with E-state index in [2.05, 4.69) is 20.6 Å². The molecule has 0 spiro atoms. The summed E-state index contributed by atoms with van der Waals surface area (Å²) < 4.78 is 0. The maximum atomic E-state index is 12.8. The Hall–Kier alpha value is -4.01. The largest absolute Gasteiger partial charge is 0.324 e. The minimum atomic E-state index is -0.323. The molecular weight excluding hydrogens is 466 g/mol. The van der Waals surface area contributed by atoms with Gasteiger partial charge in [0.15, 0.2) is 0 Å². The van der Waals surface area contributed by atoms with Gasteiger partial charge in [-0.2, -0.15) is 0 Å². The predicted octanol–water partition coefficient (Wildman–Crippen LogP) is 4.29. The fraction of sp³-hybridized carbons (Fsp3) is 0.154. The fourth-order valence-corrected chi connectivity index (χ4v) is 3.80. The van der Waals surface area contributed by atoms with Crippen molar-refractivity contribution in [1.82, 2.24) is 14.9 Å². The van der Waals surface area contributed by atoms with Gasteiger partial charge in [0.25, 0.3) is 11.5 Å². The molecule has 0 unspecified atom stereocenters. The van der Waals surface area contributed by atoms with Crippen LogP contribution in [0.5, 0.6) is 0 Å². The molecule has 4 aromatic rings. The molecule has 0 radical (unpaired) electrons. The average molecular weight is 490 g/mol. The number of carbonyl (C=O) groups excluding carboxylic acids is 2. The zero-order valence-electron chi connectivity index (χ0n) is 19.0. The number of para-hydroxylation sites is 2. The summed E-state index contributed by atoms with van der Waals surface area (Å²) in [6, 6.07) is 20.8. The summed E-state index contributed by atoms with van der Waals surface area (Å²) in [6.45, 7) is 2.76. The number of nitrogens with one attached hydrogen (secondary N) is 3. The van der Waals surface area contributed by atoms with E-state index in [1.54, 1.807) is 54.6 Å². The lowest BCUT2D eigenvalue weighted by Crippen LogP contribution is -2.34. The second kappa shape index (κ2) is 10.9. The third-order valence-corrected chi connectivity index (χ3v) is 5.62. The molecule has 1 heterocycles. The van der Waals surface area contributed by atoms with Gasteiger partial charge in [0, 0.05) is 10.7 Å². The van der Waals surface area contributed by atoms with Gasteiger partial charge < -0.3 is 15.6 Å². The second-order valence-corrected chi connectivity index (χ2v) is 8.33. The van der Waals surface area contributed by atoms with E-state index in [-0.39, 0.29) is 30.5 Å². The van der Waals surface area contributed by atoms with E-state index in [1.165, 1.54) is 0 Å². The molecule has 4 rings (SSSR count). The van der Waals surface area contributed by atoms with Crippen molar-refractivity contribution in [3.8, 4) is 0 Å². The zero-order chi connectivity index (χ0) is 24.8. The van der Waals surface area contributed by atoms with Gasteiger partial charge in [-0.3, -0.25) is 19.3 Å². The van der Waals surface area contributed by atoms with E-state index in [4.69, 9.17) is 11.6 Å². The minimum absolute atomic E-state index is 0.0441. The van der Waals surface area contributed by atoms with E-state index in [0.717, 1.165) is 0 Å². The highest BCUT2D eigenvalue weighted by molar-refractivity contribution is 6.31. The summed E-state index contributed by atoms with van der Waals surface area (Å²) in [5.74, 6) is -0.184. The number of rotatable bonds is 8. The van der Waals surface area contributed by atoms with Crippen LogP contribution in [-0.4, -0.2) is 39.8 Å². The Morgan fingerprint density at radius 1 is 1.00 bits per heavy atom. The number of hydrogen-bond acceptors (Lipinski definition) is 5. The van der Waals surface area contributed by atoms with Crippen LogP contribution in [0.4, 0.5) is 11.4 Å². The highest BCUT2D eigenvalue weighted by Gasteiger charge is 2.16. The normalized spacial score (nSPS) is 10.9. The highest BCUT2D eigenvalue weighted by atomic mass is 35.5. The first-order valence-corrected chi connectivity index (χ1v) is 11.5. The monoisotopic (exact) mass is 489 g/mol. The molecule has 0 atom stereocenters. The number of carbonyl (C=O) groups is 2. The van der Waals surface area contributed by atoms with Gasteiger partial charge in [-0.25, -0.2) is 4.98 Å². The highest BCUT2D eigenvalue weighted by Crippen LogP contribution is 2.18. The number of aromatic nitrogens is 2. The molecule has 9 heteroatoms. The molecule has 0 bridgehead atoms. The Kier molecular flexibility index (Phi) is 7.54. The predicted molar refractivity (Wildman–Crippen MR) is 138 cm³/mol. The van der Waals surface area contributed by atoms with Crippen LogP contribution in [0.2, 0.25) is 5.02 Å². The lowest BCUT2D eigenvalue weighted by Gasteiger charge is -2.20. The van der Waals surface area contributed by atoms with Gasteiger partial charge in [0.05, 0.1) is 35.2 Å². The molecular formula is C26H24ClN5O3. The smallest absolute Gasteiger partial charge is 0.258 e. The van der Waals surface area contributed by atoms with E-state index in [1.807, 2.05) is 30.0 Å². The van der Waals surface area contributed by atoms with Crippen LogP contribution in [0.1, 0.15) is 23.1 Å². The van der Waals surface area contributed by atoms with Crippen molar-refractivity contribution in [2.45, 2.75) is 13.5 Å². The zero-order valence-corrected chi connectivity index (χ0v) is 19.8. The van der Waals surface area contributed by atoms with Gasteiger partial charge in [-0.15, -0.1) is 0 Å². The van der Waals surface area contributed by atoms with Crippen molar-refractivity contribution in [2.24, 2.45) is 0 Å². The molecule has 0 aliphatic carbocycles. The SMILES string of the molecule is CCN(CC(=O)Nc1ccccc1C(=O)Nc1ccccc1)Cc1nc2cc(Cl)ccc2c(=O)[nH]1. The Bertz CT molecular complexity index is 1420.